The van der Waals surface area contributed by atoms with E-state index in [0.29, 0.717) is 19.4 Å². The second-order valence-corrected chi connectivity index (χ2v) is 9.76. The van der Waals surface area contributed by atoms with Crippen LogP contribution in [-0.4, -0.2) is 44.8 Å². The highest BCUT2D eigenvalue weighted by molar-refractivity contribution is 7.89. The standard InChI is InChI=1S/C22H26FN3O3S/c1-2-25-13-11-16-5-8-19(14-21(16)25)24-22(27)17-4-3-12-26(15-17)30(28,29)20-9-6-18(23)7-10-20/h5-10,14,17H,2-4,11-13,15H2,1H3,(H,24,27). The van der Waals surface area contributed by atoms with Crippen LogP contribution in [0, 0.1) is 11.7 Å². The van der Waals surface area contributed by atoms with Crippen molar-refractivity contribution in [1.29, 1.82) is 0 Å². The van der Waals surface area contributed by atoms with Crippen LogP contribution in [-0.2, 0) is 21.2 Å². The minimum atomic E-state index is -3.76. The fourth-order valence-corrected chi connectivity index (χ4v) is 5.75. The number of hydrogen-bond acceptors (Lipinski definition) is 4. The van der Waals surface area contributed by atoms with E-state index < -0.39 is 21.8 Å². The van der Waals surface area contributed by atoms with Crippen molar-refractivity contribution < 1.29 is 17.6 Å². The summed E-state index contributed by atoms with van der Waals surface area (Å²) in [5.74, 6) is -1.08. The average Bonchev–Trinajstić information content (AvgIpc) is 3.16. The summed E-state index contributed by atoms with van der Waals surface area (Å²) in [5.41, 5.74) is 3.17. The van der Waals surface area contributed by atoms with Crippen LogP contribution >= 0.6 is 0 Å². The SMILES string of the molecule is CCN1CCc2ccc(NC(=O)C3CCCN(S(=O)(=O)c4ccc(F)cc4)C3)cc21. The Kier molecular flexibility index (Phi) is 5.79. The molecule has 1 saturated heterocycles. The Morgan fingerprint density at radius 1 is 1.17 bits per heavy atom. The summed E-state index contributed by atoms with van der Waals surface area (Å²) in [6.07, 6.45) is 2.25. The molecule has 2 aromatic carbocycles. The summed E-state index contributed by atoms with van der Waals surface area (Å²) in [7, 11) is -3.76. The lowest BCUT2D eigenvalue weighted by Crippen LogP contribution is -2.43. The molecule has 6 nitrogen and oxygen atoms in total. The molecule has 1 atom stereocenters. The van der Waals surface area contributed by atoms with Gasteiger partial charge in [-0.2, -0.15) is 4.31 Å². The molecule has 0 aliphatic carbocycles. The van der Waals surface area contributed by atoms with E-state index in [9.17, 15) is 17.6 Å². The molecule has 30 heavy (non-hydrogen) atoms. The first-order valence-corrected chi connectivity index (χ1v) is 11.8. The largest absolute Gasteiger partial charge is 0.371 e. The van der Waals surface area contributed by atoms with Crippen molar-refractivity contribution in [1.82, 2.24) is 4.31 Å². The van der Waals surface area contributed by atoms with Gasteiger partial charge in [-0.05, 0) is 68.1 Å². The van der Waals surface area contributed by atoms with E-state index in [0.717, 1.165) is 43.0 Å². The number of carbonyl (C=O) groups is 1. The van der Waals surface area contributed by atoms with Crippen LogP contribution in [0.1, 0.15) is 25.3 Å². The molecule has 0 saturated carbocycles. The third kappa shape index (κ3) is 4.06. The lowest BCUT2D eigenvalue weighted by atomic mass is 9.98. The van der Waals surface area contributed by atoms with Gasteiger partial charge in [0.25, 0.3) is 0 Å². The van der Waals surface area contributed by atoms with Crippen LogP contribution in [0.4, 0.5) is 15.8 Å². The number of carbonyl (C=O) groups excluding carboxylic acids is 1. The number of nitrogens with one attached hydrogen (secondary N) is 1. The van der Waals surface area contributed by atoms with Crippen LogP contribution < -0.4 is 10.2 Å². The number of anilines is 2. The highest BCUT2D eigenvalue weighted by atomic mass is 32.2. The number of fused-ring (bicyclic) bond motifs is 1. The van der Waals surface area contributed by atoms with E-state index in [4.69, 9.17) is 0 Å². The molecule has 2 aromatic rings. The molecule has 1 N–H and O–H groups in total. The normalized spacial score (nSPS) is 19.5. The lowest BCUT2D eigenvalue weighted by Gasteiger charge is -2.31. The number of piperidine rings is 1. The number of sulfonamides is 1. The Morgan fingerprint density at radius 3 is 2.67 bits per heavy atom. The van der Waals surface area contributed by atoms with Gasteiger partial charge in [-0.3, -0.25) is 4.79 Å². The highest BCUT2D eigenvalue weighted by Gasteiger charge is 2.33. The first kappa shape index (κ1) is 20.8. The maximum Gasteiger partial charge on any atom is 0.243 e. The molecule has 2 aliphatic rings. The van der Waals surface area contributed by atoms with Crippen LogP contribution in [0.2, 0.25) is 0 Å². The van der Waals surface area contributed by atoms with Gasteiger partial charge in [0.1, 0.15) is 5.82 Å². The topological polar surface area (TPSA) is 69.7 Å². The molecule has 4 rings (SSSR count). The van der Waals surface area contributed by atoms with Gasteiger partial charge in [0, 0.05) is 37.6 Å². The molecule has 1 fully saturated rings. The van der Waals surface area contributed by atoms with Crippen LogP contribution in [0.5, 0.6) is 0 Å². The van der Waals surface area contributed by atoms with Gasteiger partial charge in [-0.1, -0.05) is 6.07 Å². The number of rotatable bonds is 5. The van der Waals surface area contributed by atoms with Crippen LogP contribution in [0.25, 0.3) is 0 Å². The van der Waals surface area contributed by atoms with Crippen molar-refractivity contribution in [3.05, 3.63) is 53.8 Å². The third-order valence-electron chi connectivity index (χ3n) is 5.93. The molecule has 2 aliphatic heterocycles. The molecular formula is C22H26FN3O3S. The number of nitrogens with zero attached hydrogens (tertiary/aromatic N) is 2. The molecule has 160 valence electrons. The minimum absolute atomic E-state index is 0.0447. The van der Waals surface area contributed by atoms with Crippen molar-refractivity contribution in [2.24, 2.45) is 5.92 Å². The third-order valence-corrected chi connectivity index (χ3v) is 7.81. The molecule has 0 aromatic heterocycles. The van der Waals surface area contributed by atoms with Gasteiger partial charge >= 0.3 is 0 Å². The highest BCUT2D eigenvalue weighted by Crippen LogP contribution is 2.31. The zero-order chi connectivity index (χ0) is 21.3. The van der Waals surface area contributed by atoms with Gasteiger partial charge in [0.05, 0.1) is 10.8 Å². The minimum Gasteiger partial charge on any atom is -0.371 e. The molecule has 1 unspecified atom stereocenters. The molecule has 0 radical (unpaired) electrons. The molecule has 1 amide bonds. The van der Waals surface area contributed by atoms with Gasteiger partial charge in [-0.15, -0.1) is 0 Å². The number of amides is 1. The number of hydrogen-bond donors (Lipinski definition) is 1. The number of halogens is 1. The van der Waals surface area contributed by atoms with E-state index in [-0.39, 0.29) is 17.3 Å². The average molecular weight is 432 g/mol. The second-order valence-electron chi connectivity index (χ2n) is 7.82. The number of likely N-dealkylation sites (N-methyl/N-ethyl adjacent to an activating group) is 1. The smallest absolute Gasteiger partial charge is 0.243 e. The van der Waals surface area contributed by atoms with Crippen LogP contribution in [0.15, 0.2) is 47.4 Å². The Hall–Kier alpha value is -2.45. The zero-order valence-electron chi connectivity index (χ0n) is 17.0. The summed E-state index contributed by atoms with van der Waals surface area (Å²) < 4.78 is 40.3. The van der Waals surface area contributed by atoms with E-state index in [2.05, 4.69) is 17.1 Å². The Balaban J connectivity index is 1.46. The van der Waals surface area contributed by atoms with Crippen molar-refractivity contribution in [3.8, 4) is 0 Å². The van der Waals surface area contributed by atoms with Crippen molar-refractivity contribution in [2.75, 3.05) is 36.4 Å². The molecule has 8 heteroatoms. The lowest BCUT2D eigenvalue weighted by molar-refractivity contribution is -0.120. The van der Waals surface area contributed by atoms with E-state index in [1.54, 1.807) is 0 Å². The van der Waals surface area contributed by atoms with E-state index >= 15 is 0 Å². The Labute approximate surface area is 176 Å². The molecular weight excluding hydrogens is 405 g/mol. The van der Waals surface area contributed by atoms with Crippen molar-refractivity contribution in [3.63, 3.8) is 0 Å². The monoisotopic (exact) mass is 431 g/mol. The summed E-state index contributed by atoms with van der Waals surface area (Å²) in [6, 6.07) is 10.7. The summed E-state index contributed by atoms with van der Waals surface area (Å²) in [6.45, 7) is 4.50. The van der Waals surface area contributed by atoms with Gasteiger partial charge in [0.15, 0.2) is 0 Å². The summed E-state index contributed by atoms with van der Waals surface area (Å²) >= 11 is 0. The van der Waals surface area contributed by atoms with Gasteiger partial charge in [-0.25, -0.2) is 12.8 Å². The summed E-state index contributed by atoms with van der Waals surface area (Å²) in [5, 5.41) is 2.97. The number of benzene rings is 2. The molecule has 0 bridgehead atoms. The fraction of sp³-hybridized carbons (Fsp3) is 0.409. The predicted octanol–water partition coefficient (Wildman–Crippen LogP) is 3.25. The van der Waals surface area contributed by atoms with Gasteiger partial charge < -0.3 is 10.2 Å². The first-order valence-electron chi connectivity index (χ1n) is 10.3. The quantitative estimate of drug-likeness (QED) is 0.789. The Bertz CT molecular complexity index is 1040. The molecule has 2 heterocycles. The van der Waals surface area contributed by atoms with Crippen molar-refractivity contribution >= 4 is 27.3 Å². The maximum atomic E-state index is 13.2. The Morgan fingerprint density at radius 2 is 1.93 bits per heavy atom. The second kappa shape index (κ2) is 8.35. The van der Waals surface area contributed by atoms with Crippen molar-refractivity contribution in [2.45, 2.75) is 31.1 Å². The summed E-state index contributed by atoms with van der Waals surface area (Å²) in [4.78, 5) is 15.2. The van der Waals surface area contributed by atoms with Crippen LogP contribution in [0.3, 0.4) is 0 Å². The fourth-order valence-electron chi connectivity index (χ4n) is 4.23. The zero-order valence-corrected chi connectivity index (χ0v) is 17.8. The predicted molar refractivity (Wildman–Crippen MR) is 115 cm³/mol. The maximum absolute atomic E-state index is 13.2. The molecule has 0 spiro atoms. The van der Waals surface area contributed by atoms with Gasteiger partial charge in [0.2, 0.25) is 15.9 Å². The van der Waals surface area contributed by atoms with E-state index in [1.165, 1.54) is 22.0 Å². The first-order chi connectivity index (χ1) is 14.4. The van der Waals surface area contributed by atoms with E-state index in [1.807, 2.05) is 18.2 Å².